The molecule has 140 valence electrons. The van der Waals surface area contributed by atoms with E-state index in [2.05, 4.69) is 16.3 Å². The lowest BCUT2D eigenvalue weighted by Gasteiger charge is -2.29. The lowest BCUT2D eigenvalue weighted by Crippen LogP contribution is -2.29. The maximum atomic E-state index is 12.2. The summed E-state index contributed by atoms with van der Waals surface area (Å²) < 4.78 is 8.69. The SMILES string of the molecule is CN(SC(=O)CCCOc1ccc2[nH]c(=S)ccc2c1)C1CCCCC1. The number of carbonyl (C=O) groups excluding carboxylic acids is 1. The first-order valence-corrected chi connectivity index (χ1v) is 10.5. The summed E-state index contributed by atoms with van der Waals surface area (Å²) in [5, 5.41) is 1.30. The van der Waals surface area contributed by atoms with Crippen molar-refractivity contribution in [3.8, 4) is 5.75 Å². The van der Waals surface area contributed by atoms with Crippen LogP contribution < -0.4 is 4.74 Å². The minimum atomic E-state index is 0.229. The van der Waals surface area contributed by atoms with Gasteiger partial charge in [-0.25, -0.2) is 4.31 Å². The molecule has 0 unspecified atom stereocenters. The third kappa shape index (κ3) is 5.56. The standard InChI is InChI=1S/C20H26N2O2S2/c1-22(16-6-3-2-4-7-16)26-20(23)8-5-13-24-17-10-11-18-15(14-17)9-12-19(25)21-18/h9-12,14,16H,2-8,13H2,1H3,(H,21,25). The first kappa shape index (κ1) is 19.4. The fourth-order valence-electron chi connectivity index (χ4n) is 3.35. The van der Waals surface area contributed by atoms with Crippen molar-refractivity contribution >= 4 is 40.2 Å². The zero-order valence-corrected chi connectivity index (χ0v) is 16.8. The van der Waals surface area contributed by atoms with E-state index < -0.39 is 0 Å². The number of hydrogen-bond acceptors (Lipinski definition) is 5. The molecule has 0 saturated heterocycles. The highest BCUT2D eigenvalue weighted by molar-refractivity contribution is 8.11. The molecule has 1 aliphatic rings. The summed E-state index contributed by atoms with van der Waals surface area (Å²) in [5.74, 6) is 0.822. The van der Waals surface area contributed by atoms with Gasteiger partial charge in [0.05, 0.1) is 6.61 Å². The van der Waals surface area contributed by atoms with Gasteiger partial charge in [-0.3, -0.25) is 4.79 Å². The number of nitrogens with one attached hydrogen (secondary N) is 1. The summed E-state index contributed by atoms with van der Waals surface area (Å²) in [6, 6.07) is 10.3. The Labute approximate surface area is 164 Å². The van der Waals surface area contributed by atoms with Gasteiger partial charge in [-0.2, -0.15) is 0 Å². The summed E-state index contributed by atoms with van der Waals surface area (Å²) in [7, 11) is 2.05. The molecule has 1 aromatic carbocycles. The third-order valence-corrected chi connectivity index (χ3v) is 6.06. The van der Waals surface area contributed by atoms with Crippen LogP contribution in [-0.2, 0) is 4.79 Å². The van der Waals surface area contributed by atoms with Crippen molar-refractivity contribution in [1.29, 1.82) is 0 Å². The summed E-state index contributed by atoms with van der Waals surface area (Å²) >= 11 is 6.51. The smallest absolute Gasteiger partial charge is 0.204 e. The van der Waals surface area contributed by atoms with Gasteiger partial charge in [-0.05, 0) is 68.6 Å². The van der Waals surface area contributed by atoms with Crippen molar-refractivity contribution in [1.82, 2.24) is 9.29 Å². The van der Waals surface area contributed by atoms with Gasteiger partial charge in [-0.15, -0.1) is 0 Å². The van der Waals surface area contributed by atoms with E-state index >= 15 is 0 Å². The first-order valence-electron chi connectivity index (χ1n) is 9.31. The van der Waals surface area contributed by atoms with Gasteiger partial charge in [0.1, 0.15) is 10.4 Å². The van der Waals surface area contributed by atoms with E-state index in [1.807, 2.05) is 30.3 Å². The Hall–Kier alpha value is -1.37. The molecule has 26 heavy (non-hydrogen) atoms. The second-order valence-electron chi connectivity index (χ2n) is 6.82. The average molecular weight is 391 g/mol. The van der Waals surface area contributed by atoms with E-state index in [1.165, 1.54) is 44.1 Å². The van der Waals surface area contributed by atoms with Gasteiger partial charge in [0.2, 0.25) is 5.12 Å². The van der Waals surface area contributed by atoms with Crippen LogP contribution in [0.2, 0.25) is 0 Å². The Balaban J connectivity index is 1.40. The topological polar surface area (TPSA) is 45.3 Å². The maximum Gasteiger partial charge on any atom is 0.204 e. The largest absolute Gasteiger partial charge is 0.494 e. The van der Waals surface area contributed by atoms with Gasteiger partial charge < -0.3 is 9.72 Å². The zero-order valence-electron chi connectivity index (χ0n) is 15.2. The van der Waals surface area contributed by atoms with Crippen LogP contribution in [0.1, 0.15) is 44.9 Å². The number of benzene rings is 1. The predicted octanol–water partition coefficient (Wildman–Crippen LogP) is 5.50. The van der Waals surface area contributed by atoms with E-state index in [1.54, 1.807) is 0 Å². The van der Waals surface area contributed by atoms with Crippen LogP contribution in [0.4, 0.5) is 0 Å². The number of ether oxygens (including phenoxy) is 1. The van der Waals surface area contributed by atoms with Crippen molar-refractivity contribution in [3.05, 3.63) is 35.0 Å². The second kappa shape index (κ2) is 9.53. The maximum absolute atomic E-state index is 12.2. The molecule has 0 aliphatic heterocycles. The molecule has 1 aliphatic carbocycles. The molecule has 1 saturated carbocycles. The van der Waals surface area contributed by atoms with E-state index in [-0.39, 0.29) is 5.12 Å². The molecule has 1 heterocycles. The van der Waals surface area contributed by atoms with Crippen molar-refractivity contribution in [3.63, 3.8) is 0 Å². The van der Waals surface area contributed by atoms with Crippen molar-refractivity contribution in [2.75, 3.05) is 13.7 Å². The highest BCUT2D eigenvalue weighted by Crippen LogP contribution is 2.27. The molecule has 3 rings (SSSR count). The first-order chi connectivity index (χ1) is 12.6. The van der Waals surface area contributed by atoms with Crippen molar-refractivity contribution in [2.45, 2.75) is 51.0 Å². The van der Waals surface area contributed by atoms with Gasteiger partial charge in [0, 0.05) is 23.4 Å². The van der Waals surface area contributed by atoms with Gasteiger partial charge in [0.15, 0.2) is 0 Å². The Bertz CT molecular complexity index is 800. The van der Waals surface area contributed by atoms with E-state index in [9.17, 15) is 4.79 Å². The Morgan fingerprint density at radius 1 is 1.27 bits per heavy atom. The number of rotatable bonds is 7. The normalized spacial score (nSPS) is 15.5. The number of H-pyrrole nitrogens is 1. The Morgan fingerprint density at radius 2 is 2.08 bits per heavy atom. The highest BCUT2D eigenvalue weighted by atomic mass is 32.2. The molecule has 0 radical (unpaired) electrons. The van der Waals surface area contributed by atoms with Gasteiger partial charge in [-0.1, -0.05) is 31.5 Å². The molecule has 1 aromatic heterocycles. The van der Waals surface area contributed by atoms with Gasteiger partial charge in [0.25, 0.3) is 0 Å². The zero-order chi connectivity index (χ0) is 18.4. The quantitative estimate of drug-likeness (QED) is 0.384. The van der Waals surface area contributed by atoms with E-state index in [4.69, 9.17) is 17.0 Å². The molecule has 0 atom stereocenters. The molecular formula is C20H26N2O2S2. The Kier molecular flexibility index (Phi) is 7.11. The second-order valence-corrected chi connectivity index (χ2v) is 8.48. The molecular weight excluding hydrogens is 364 g/mol. The fraction of sp³-hybridized carbons (Fsp3) is 0.500. The molecule has 6 heteroatoms. The van der Waals surface area contributed by atoms with Crippen LogP contribution in [0, 0.1) is 4.64 Å². The minimum absolute atomic E-state index is 0.229. The summed E-state index contributed by atoms with van der Waals surface area (Å²) in [6.45, 7) is 0.549. The van der Waals surface area contributed by atoms with E-state index in [0.717, 1.165) is 27.7 Å². The van der Waals surface area contributed by atoms with Gasteiger partial charge >= 0.3 is 0 Å². The van der Waals surface area contributed by atoms with Crippen molar-refractivity contribution < 1.29 is 9.53 Å². The molecule has 2 aromatic rings. The average Bonchev–Trinajstić information content (AvgIpc) is 2.66. The number of aromatic nitrogens is 1. The number of fused-ring (bicyclic) bond motifs is 1. The minimum Gasteiger partial charge on any atom is -0.494 e. The number of pyridine rings is 1. The van der Waals surface area contributed by atoms with Crippen LogP contribution in [-0.4, -0.2) is 34.1 Å². The van der Waals surface area contributed by atoms with Crippen LogP contribution in [0.3, 0.4) is 0 Å². The summed E-state index contributed by atoms with van der Waals surface area (Å²) in [6.07, 6.45) is 7.62. The van der Waals surface area contributed by atoms with Crippen LogP contribution in [0.25, 0.3) is 10.9 Å². The lowest BCUT2D eigenvalue weighted by molar-refractivity contribution is -0.111. The molecule has 0 bridgehead atoms. The summed E-state index contributed by atoms with van der Waals surface area (Å²) in [5.41, 5.74) is 1.00. The number of hydrogen-bond donors (Lipinski definition) is 1. The van der Waals surface area contributed by atoms with Crippen LogP contribution >= 0.6 is 24.2 Å². The third-order valence-electron chi connectivity index (χ3n) is 4.82. The predicted molar refractivity (Wildman–Crippen MR) is 111 cm³/mol. The fourth-order valence-corrected chi connectivity index (χ4v) is 4.45. The molecule has 0 spiro atoms. The van der Waals surface area contributed by atoms with Crippen LogP contribution in [0.5, 0.6) is 5.75 Å². The molecule has 0 amide bonds. The Morgan fingerprint density at radius 3 is 2.88 bits per heavy atom. The number of carbonyl (C=O) groups is 1. The summed E-state index contributed by atoms with van der Waals surface area (Å²) in [4.78, 5) is 15.3. The molecule has 4 nitrogen and oxygen atoms in total. The highest BCUT2D eigenvalue weighted by Gasteiger charge is 2.20. The lowest BCUT2D eigenvalue weighted by atomic mass is 9.96. The number of aromatic amines is 1. The molecule has 1 fully saturated rings. The number of nitrogens with zero attached hydrogens (tertiary/aromatic N) is 1. The monoisotopic (exact) mass is 390 g/mol. The van der Waals surface area contributed by atoms with Crippen molar-refractivity contribution in [2.24, 2.45) is 0 Å². The van der Waals surface area contributed by atoms with Crippen LogP contribution in [0.15, 0.2) is 30.3 Å². The van der Waals surface area contributed by atoms with E-state index in [0.29, 0.717) is 19.1 Å². The molecule has 1 N–H and O–H groups in total.